The van der Waals surface area contributed by atoms with Crippen LogP contribution in [0.4, 0.5) is 26.6 Å². The average molecular weight is 424 g/mol. The number of nitrogens with zero attached hydrogens (tertiary/aromatic N) is 6. The normalized spacial score (nSPS) is 11.0. The zero-order valence-electron chi connectivity index (χ0n) is 17.5. The number of carbonyl (C=O) groups excluding carboxylic acids is 2. The Morgan fingerprint density at radius 1 is 1.03 bits per heavy atom. The summed E-state index contributed by atoms with van der Waals surface area (Å²) >= 11 is 0. The van der Waals surface area contributed by atoms with E-state index in [1.807, 2.05) is 0 Å². The van der Waals surface area contributed by atoms with Crippen molar-refractivity contribution < 1.29 is 18.8 Å². The van der Waals surface area contributed by atoms with Crippen molar-refractivity contribution in [2.75, 3.05) is 10.0 Å². The molecule has 3 heterocycles. The number of amides is 2. The third kappa shape index (κ3) is 5.16. The molecule has 2 amide bonds. The van der Waals surface area contributed by atoms with Crippen molar-refractivity contribution >= 4 is 29.3 Å². The highest BCUT2D eigenvalue weighted by Crippen LogP contribution is 2.29. The Morgan fingerprint density at radius 3 is 2.42 bits per heavy atom. The van der Waals surface area contributed by atoms with Crippen LogP contribution in [0.1, 0.15) is 37.0 Å². The summed E-state index contributed by atoms with van der Waals surface area (Å²) in [5, 5.41) is -0.149. The van der Waals surface area contributed by atoms with Gasteiger partial charge in [-0.25, -0.2) is 24.6 Å². The average Bonchev–Trinajstić information content (AvgIpc) is 2.74. The van der Waals surface area contributed by atoms with Crippen LogP contribution < -0.4 is 10.0 Å². The van der Waals surface area contributed by atoms with Gasteiger partial charge in [0.25, 0.3) is 0 Å². The molecule has 0 spiro atoms. The Hall–Kier alpha value is -3.95. The van der Waals surface area contributed by atoms with Gasteiger partial charge < -0.3 is 4.74 Å². The van der Waals surface area contributed by atoms with Crippen molar-refractivity contribution in [3.63, 3.8) is 0 Å². The number of ether oxygens (including phenoxy) is 1. The first kappa shape index (κ1) is 21.8. The largest absolute Gasteiger partial charge is 0.443 e. The van der Waals surface area contributed by atoms with Gasteiger partial charge in [-0.15, -0.1) is 5.12 Å². The molecule has 0 unspecified atom stereocenters. The molecule has 3 aromatic rings. The minimum Gasteiger partial charge on any atom is -0.443 e. The summed E-state index contributed by atoms with van der Waals surface area (Å²) in [6.07, 6.45) is 4.81. The van der Waals surface area contributed by atoms with Crippen LogP contribution in [0.15, 0.2) is 55.1 Å². The second-order valence-electron chi connectivity index (χ2n) is 7.48. The van der Waals surface area contributed by atoms with E-state index in [1.165, 1.54) is 36.9 Å². The predicted molar refractivity (Wildman–Crippen MR) is 112 cm³/mol. The van der Waals surface area contributed by atoms with Crippen molar-refractivity contribution in [1.82, 2.24) is 19.9 Å². The predicted octanol–water partition coefficient (Wildman–Crippen LogP) is 4.18. The number of hydrogen-bond donors (Lipinski definition) is 0. The quantitative estimate of drug-likeness (QED) is 0.579. The summed E-state index contributed by atoms with van der Waals surface area (Å²) in [5.74, 6) is -1.56. The van der Waals surface area contributed by atoms with E-state index in [4.69, 9.17) is 4.74 Å². The van der Waals surface area contributed by atoms with Gasteiger partial charge in [-0.1, -0.05) is 10.5 Å². The van der Waals surface area contributed by atoms with Gasteiger partial charge in [0.1, 0.15) is 5.60 Å². The molecule has 0 fully saturated rings. The molecule has 31 heavy (non-hydrogen) atoms. The monoisotopic (exact) mass is 424 g/mol. The summed E-state index contributed by atoms with van der Waals surface area (Å²) in [4.78, 5) is 43.2. The van der Waals surface area contributed by atoms with E-state index in [2.05, 4.69) is 19.9 Å². The number of hydrogen-bond acceptors (Lipinski definition) is 7. The Morgan fingerprint density at radius 2 is 1.81 bits per heavy atom. The Balaban J connectivity index is 2.12. The van der Waals surface area contributed by atoms with Crippen molar-refractivity contribution in [2.24, 2.45) is 0 Å². The second-order valence-corrected chi connectivity index (χ2v) is 7.48. The van der Waals surface area contributed by atoms with Crippen molar-refractivity contribution in [3.8, 4) is 0 Å². The maximum atomic E-state index is 14.9. The maximum Gasteiger partial charge on any atom is 0.420 e. The van der Waals surface area contributed by atoms with Crippen LogP contribution in [0.3, 0.4) is 0 Å². The van der Waals surface area contributed by atoms with Crippen LogP contribution in [0.5, 0.6) is 0 Å². The molecule has 3 rings (SSSR count). The Kier molecular flexibility index (Phi) is 6.19. The zero-order chi connectivity index (χ0) is 22.6. The summed E-state index contributed by atoms with van der Waals surface area (Å²) in [5.41, 5.74) is -0.591. The van der Waals surface area contributed by atoms with Gasteiger partial charge in [0.2, 0.25) is 0 Å². The SMILES string of the molecule is Cc1cnc(N(C(=O)OC(C)(C)C)c2cccnc2)c(C(=O)N(F)c2ccccn2)n1. The van der Waals surface area contributed by atoms with Crippen LogP contribution >= 0.6 is 0 Å². The van der Waals surface area contributed by atoms with E-state index < -0.39 is 17.6 Å². The molecule has 0 aliphatic heterocycles. The van der Waals surface area contributed by atoms with E-state index in [-0.39, 0.29) is 28.1 Å². The first-order valence-corrected chi connectivity index (χ1v) is 9.35. The van der Waals surface area contributed by atoms with Crippen molar-refractivity contribution in [1.29, 1.82) is 0 Å². The molecule has 3 aromatic heterocycles. The van der Waals surface area contributed by atoms with Crippen LogP contribution in [-0.2, 0) is 4.74 Å². The third-order valence-electron chi connectivity index (χ3n) is 3.80. The molecule has 0 saturated heterocycles. The molecule has 9 nitrogen and oxygen atoms in total. The molecule has 0 N–H and O–H groups in total. The zero-order valence-corrected chi connectivity index (χ0v) is 17.5. The molecular weight excluding hydrogens is 403 g/mol. The van der Waals surface area contributed by atoms with Gasteiger partial charge in [-0.05, 0) is 52.0 Å². The third-order valence-corrected chi connectivity index (χ3v) is 3.80. The fourth-order valence-electron chi connectivity index (χ4n) is 2.55. The highest BCUT2D eigenvalue weighted by Gasteiger charge is 2.33. The van der Waals surface area contributed by atoms with Gasteiger partial charge in [-0.2, -0.15) is 0 Å². The van der Waals surface area contributed by atoms with Crippen LogP contribution in [0, 0.1) is 6.92 Å². The van der Waals surface area contributed by atoms with Gasteiger partial charge in [0, 0.05) is 12.4 Å². The summed E-state index contributed by atoms with van der Waals surface area (Å²) in [6, 6.07) is 7.64. The lowest BCUT2D eigenvalue weighted by Gasteiger charge is -2.27. The maximum absolute atomic E-state index is 14.9. The molecular formula is C21H21FN6O3. The number of rotatable bonds is 4. The van der Waals surface area contributed by atoms with Gasteiger partial charge >= 0.3 is 12.0 Å². The molecule has 10 heteroatoms. The summed E-state index contributed by atoms with van der Waals surface area (Å²) in [7, 11) is 0. The van der Waals surface area contributed by atoms with E-state index >= 15 is 0 Å². The van der Waals surface area contributed by atoms with E-state index in [0.717, 1.165) is 4.90 Å². The van der Waals surface area contributed by atoms with E-state index in [9.17, 15) is 14.1 Å². The lowest BCUT2D eigenvalue weighted by molar-refractivity contribution is 0.0598. The molecule has 0 aliphatic rings. The number of anilines is 3. The van der Waals surface area contributed by atoms with E-state index in [1.54, 1.807) is 45.9 Å². The molecule has 0 saturated carbocycles. The lowest BCUT2D eigenvalue weighted by Crippen LogP contribution is -2.36. The van der Waals surface area contributed by atoms with Crippen LogP contribution in [0.2, 0.25) is 0 Å². The Labute approximate surface area is 178 Å². The molecule has 0 aliphatic carbocycles. The molecule has 160 valence electrons. The number of aryl methyl sites for hydroxylation is 1. The van der Waals surface area contributed by atoms with Gasteiger partial charge in [0.15, 0.2) is 17.3 Å². The number of carbonyl (C=O) groups is 2. The second kappa shape index (κ2) is 8.82. The highest BCUT2D eigenvalue weighted by molar-refractivity contribution is 6.09. The Bertz CT molecular complexity index is 1070. The molecule has 0 bridgehead atoms. The minimum absolute atomic E-state index is 0.149. The topological polar surface area (TPSA) is 101 Å². The van der Waals surface area contributed by atoms with Gasteiger partial charge in [-0.3, -0.25) is 9.78 Å². The number of aromatic nitrogens is 4. The summed E-state index contributed by atoms with van der Waals surface area (Å²) in [6.45, 7) is 6.69. The van der Waals surface area contributed by atoms with Crippen LogP contribution in [-0.4, -0.2) is 37.5 Å². The van der Waals surface area contributed by atoms with E-state index in [0.29, 0.717) is 5.69 Å². The number of halogens is 1. The van der Waals surface area contributed by atoms with Crippen LogP contribution in [0.25, 0.3) is 0 Å². The summed E-state index contributed by atoms with van der Waals surface area (Å²) < 4.78 is 20.3. The lowest BCUT2D eigenvalue weighted by atomic mass is 10.2. The standard InChI is InChI=1S/C21H21FN6O3/c1-14-12-25-18(17(26-14)19(29)28(22)16-9-5-6-11-24-16)27(15-8-7-10-23-13-15)20(30)31-21(2,3)4/h5-13H,1-4H3. The smallest absolute Gasteiger partial charge is 0.420 e. The van der Waals surface area contributed by atoms with Crippen molar-refractivity contribution in [3.05, 3.63) is 66.5 Å². The first-order valence-electron chi connectivity index (χ1n) is 9.35. The highest BCUT2D eigenvalue weighted by atomic mass is 19.2. The van der Waals surface area contributed by atoms with Crippen molar-refractivity contribution in [2.45, 2.75) is 33.3 Å². The number of pyridine rings is 2. The molecule has 0 atom stereocenters. The van der Waals surface area contributed by atoms with Gasteiger partial charge in [0.05, 0.1) is 23.8 Å². The first-order chi connectivity index (χ1) is 14.7. The minimum atomic E-state index is -1.14. The molecule has 0 radical (unpaired) electrons. The fourth-order valence-corrected chi connectivity index (χ4v) is 2.55. The fraction of sp³-hybridized carbons (Fsp3) is 0.238. The molecule has 0 aromatic carbocycles.